The van der Waals surface area contributed by atoms with Gasteiger partial charge in [-0.3, -0.25) is 14.9 Å². The molecule has 1 aliphatic rings. The molecular weight excluding hydrogens is 442 g/mol. The lowest BCUT2D eigenvalue weighted by atomic mass is 10.1. The minimum atomic E-state index is -3.76. The fourth-order valence-electron chi connectivity index (χ4n) is 3.20. The highest BCUT2D eigenvalue weighted by Crippen LogP contribution is 2.26. The molecule has 1 fully saturated rings. The van der Waals surface area contributed by atoms with E-state index in [9.17, 15) is 18.0 Å². The van der Waals surface area contributed by atoms with Gasteiger partial charge in [0.25, 0.3) is 5.91 Å². The number of pyridine rings is 1. The highest BCUT2D eigenvalue weighted by molar-refractivity contribution is 7.89. The molecule has 10 nitrogen and oxygen atoms in total. The Morgan fingerprint density at radius 2 is 1.97 bits per heavy atom. The second kappa shape index (κ2) is 8.46. The zero-order valence-electron chi connectivity index (χ0n) is 16.9. The van der Waals surface area contributed by atoms with Crippen LogP contribution in [0.5, 0.6) is 0 Å². The fourth-order valence-corrected chi connectivity index (χ4v) is 5.38. The van der Waals surface area contributed by atoms with Gasteiger partial charge in [-0.2, -0.15) is 4.31 Å². The Bertz CT molecular complexity index is 1290. The molecule has 2 N–H and O–H groups in total. The summed E-state index contributed by atoms with van der Waals surface area (Å²) in [6.45, 7) is 5.10. The average Bonchev–Trinajstić information content (AvgIpc) is 3.22. The first-order chi connectivity index (χ1) is 14.8. The molecule has 0 saturated carbocycles. The number of sulfonamides is 1. The van der Waals surface area contributed by atoms with E-state index in [-0.39, 0.29) is 29.5 Å². The predicted molar refractivity (Wildman–Crippen MR) is 116 cm³/mol. The third kappa shape index (κ3) is 4.37. The molecule has 1 aliphatic heterocycles. The Labute approximate surface area is 182 Å². The summed E-state index contributed by atoms with van der Waals surface area (Å²) in [6.07, 6.45) is 0. The normalized spacial score (nSPS) is 15.5. The van der Waals surface area contributed by atoms with E-state index in [0.29, 0.717) is 29.2 Å². The smallest absolute Gasteiger partial charge is 0.258 e. The van der Waals surface area contributed by atoms with E-state index in [1.807, 2.05) is 13.8 Å². The van der Waals surface area contributed by atoms with Crippen LogP contribution in [0.1, 0.15) is 35.1 Å². The molecule has 31 heavy (non-hydrogen) atoms. The van der Waals surface area contributed by atoms with E-state index in [1.54, 1.807) is 0 Å². The van der Waals surface area contributed by atoms with Crippen LogP contribution < -0.4 is 10.9 Å². The number of H-pyrrole nitrogens is 1. The maximum absolute atomic E-state index is 13.0. The van der Waals surface area contributed by atoms with Gasteiger partial charge >= 0.3 is 0 Å². The van der Waals surface area contributed by atoms with Crippen LogP contribution in [-0.4, -0.2) is 60.1 Å². The highest BCUT2D eigenvalue weighted by atomic mass is 32.2. The molecule has 164 valence electrons. The second-order valence-electron chi connectivity index (χ2n) is 7.33. The van der Waals surface area contributed by atoms with Gasteiger partial charge in [-0.15, -0.1) is 10.2 Å². The zero-order chi connectivity index (χ0) is 22.2. The molecule has 0 unspecified atom stereocenters. The van der Waals surface area contributed by atoms with Crippen molar-refractivity contribution in [1.29, 1.82) is 0 Å². The van der Waals surface area contributed by atoms with Crippen molar-refractivity contribution in [1.82, 2.24) is 19.5 Å². The van der Waals surface area contributed by atoms with Crippen LogP contribution in [0.25, 0.3) is 10.9 Å². The fraction of sp³-hybridized carbons (Fsp3) is 0.368. The van der Waals surface area contributed by atoms with Crippen LogP contribution in [0.4, 0.5) is 5.13 Å². The lowest BCUT2D eigenvalue weighted by molar-refractivity contribution is 0.0730. The van der Waals surface area contributed by atoms with Gasteiger partial charge in [0.1, 0.15) is 5.01 Å². The molecule has 0 bridgehead atoms. The molecule has 2 aromatic heterocycles. The Hall–Kier alpha value is -2.67. The summed E-state index contributed by atoms with van der Waals surface area (Å²) in [7, 11) is -3.76. The SMILES string of the molecule is CC(C)c1nnc(NC(=O)c2cc(=O)[nH]c3ccc(S(=O)(=O)N4CCOCC4)cc23)s1. The summed E-state index contributed by atoms with van der Waals surface area (Å²) in [5.74, 6) is -0.403. The Morgan fingerprint density at radius 3 is 2.65 bits per heavy atom. The highest BCUT2D eigenvalue weighted by Gasteiger charge is 2.27. The van der Waals surface area contributed by atoms with Crippen molar-refractivity contribution in [2.75, 3.05) is 31.6 Å². The average molecular weight is 464 g/mol. The number of aromatic nitrogens is 3. The zero-order valence-corrected chi connectivity index (χ0v) is 18.5. The van der Waals surface area contributed by atoms with Gasteiger partial charge in [-0.25, -0.2) is 8.42 Å². The van der Waals surface area contributed by atoms with Crippen molar-refractivity contribution in [2.45, 2.75) is 24.7 Å². The van der Waals surface area contributed by atoms with Gasteiger partial charge in [0.15, 0.2) is 0 Å². The number of hydrogen-bond acceptors (Lipinski definition) is 8. The largest absolute Gasteiger partial charge is 0.379 e. The number of benzene rings is 1. The molecule has 3 heterocycles. The molecule has 0 radical (unpaired) electrons. The van der Waals surface area contributed by atoms with E-state index >= 15 is 0 Å². The lowest BCUT2D eigenvalue weighted by Gasteiger charge is -2.26. The van der Waals surface area contributed by atoms with Crippen LogP contribution in [0.2, 0.25) is 0 Å². The van der Waals surface area contributed by atoms with E-state index < -0.39 is 21.5 Å². The number of carbonyl (C=O) groups excluding carboxylic acids is 1. The van der Waals surface area contributed by atoms with Crippen LogP contribution in [0.15, 0.2) is 34.0 Å². The van der Waals surface area contributed by atoms with Crippen LogP contribution in [0, 0.1) is 0 Å². The number of morpholine rings is 1. The number of anilines is 1. The van der Waals surface area contributed by atoms with Crippen molar-refractivity contribution in [3.05, 3.63) is 45.2 Å². The number of nitrogens with one attached hydrogen (secondary N) is 2. The Morgan fingerprint density at radius 1 is 1.23 bits per heavy atom. The van der Waals surface area contributed by atoms with Gasteiger partial charge in [-0.05, 0) is 18.2 Å². The molecule has 0 spiro atoms. The van der Waals surface area contributed by atoms with E-state index in [4.69, 9.17) is 4.74 Å². The monoisotopic (exact) mass is 463 g/mol. The number of ether oxygens (including phenoxy) is 1. The van der Waals surface area contributed by atoms with Gasteiger partial charge < -0.3 is 9.72 Å². The minimum absolute atomic E-state index is 0.0426. The minimum Gasteiger partial charge on any atom is -0.379 e. The van der Waals surface area contributed by atoms with Crippen molar-refractivity contribution >= 4 is 43.3 Å². The molecule has 3 aromatic rings. The van der Waals surface area contributed by atoms with Crippen molar-refractivity contribution in [3.8, 4) is 0 Å². The predicted octanol–water partition coefficient (Wildman–Crippen LogP) is 1.78. The third-order valence-corrected chi connectivity index (χ3v) is 7.86. The quantitative estimate of drug-likeness (QED) is 0.589. The number of amides is 1. The first-order valence-electron chi connectivity index (χ1n) is 9.65. The van der Waals surface area contributed by atoms with Gasteiger partial charge in [0, 0.05) is 36.0 Å². The van der Waals surface area contributed by atoms with Crippen LogP contribution in [-0.2, 0) is 14.8 Å². The summed E-state index contributed by atoms with van der Waals surface area (Å²) in [5.41, 5.74) is -0.0562. The molecule has 1 amide bonds. The van der Waals surface area contributed by atoms with E-state index in [2.05, 4.69) is 20.5 Å². The second-order valence-corrected chi connectivity index (χ2v) is 10.3. The number of aromatic amines is 1. The number of rotatable bonds is 5. The molecule has 1 aromatic carbocycles. The maximum Gasteiger partial charge on any atom is 0.258 e. The summed E-state index contributed by atoms with van der Waals surface area (Å²) in [4.78, 5) is 27.7. The third-order valence-electron chi connectivity index (χ3n) is 4.82. The van der Waals surface area contributed by atoms with Crippen molar-refractivity contribution < 1.29 is 17.9 Å². The molecule has 4 rings (SSSR count). The molecule has 1 saturated heterocycles. The molecule has 0 atom stereocenters. The first-order valence-corrected chi connectivity index (χ1v) is 11.9. The molecule has 0 aliphatic carbocycles. The van der Waals surface area contributed by atoms with Gasteiger partial charge in [0.05, 0.1) is 23.7 Å². The standard InChI is InChI=1S/C19H21N5O5S2/c1-11(2)18-22-23-19(30-18)21-17(26)14-10-16(25)20-15-4-3-12(9-13(14)15)31(27,28)24-5-7-29-8-6-24/h3-4,9-11H,5-8H2,1-2H3,(H,20,25)(H,21,23,26). The number of hydrogen-bond donors (Lipinski definition) is 2. The van der Waals surface area contributed by atoms with Crippen molar-refractivity contribution in [3.63, 3.8) is 0 Å². The lowest BCUT2D eigenvalue weighted by Crippen LogP contribution is -2.40. The number of carbonyl (C=O) groups is 1. The summed E-state index contributed by atoms with van der Waals surface area (Å²) < 4.78 is 32.6. The summed E-state index contributed by atoms with van der Waals surface area (Å²) in [6, 6.07) is 5.46. The maximum atomic E-state index is 13.0. The van der Waals surface area contributed by atoms with Crippen LogP contribution >= 0.6 is 11.3 Å². The Kier molecular flexibility index (Phi) is 5.88. The van der Waals surface area contributed by atoms with E-state index in [1.165, 1.54) is 33.8 Å². The number of fused-ring (bicyclic) bond motifs is 1. The van der Waals surface area contributed by atoms with Crippen molar-refractivity contribution in [2.24, 2.45) is 0 Å². The number of nitrogens with zero attached hydrogens (tertiary/aromatic N) is 3. The first kappa shape index (κ1) is 21.6. The summed E-state index contributed by atoms with van der Waals surface area (Å²) >= 11 is 1.25. The van der Waals surface area contributed by atoms with Gasteiger partial charge in [0.2, 0.25) is 20.7 Å². The van der Waals surface area contributed by atoms with E-state index in [0.717, 1.165) is 11.1 Å². The molecular formula is C19H21N5O5S2. The van der Waals surface area contributed by atoms with Gasteiger partial charge in [-0.1, -0.05) is 25.2 Å². The topological polar surface area (TPSA) is 134 Å². The Balaban J connectivity index is 1.73. The summed E-state index contributed by atoms with van der Waals surface area (Å²) in [5, 5.41) is 12.0. The van der Waals surface area contributed by atoms with Crippen LogP contribution in [0.3, 0.4) is 0 Å². The molecule has 12 heteroatoms.